The summed E-state index contributed by atoms with van der Waals surface area (Å²) in [4.78, 5) is 78.1. The van der Waals surface area contributed by atoms with E-state index >= 15 is 0 Å². The van der Waals surface area contributed by atoms with Crippen molar-refractivity contribution in [1.82, 2.24) is 0 Å². The van der Waals surface area contributed by atoms with Gasteiger partial charge in [0.15, 0.2) is 24.8 Å². The lowest BCUT2D eigenvalue weighted by Gasteiger charge is -2.51. The van der Waals surface area contributed by atoms with Gasteiger partial charge >= 0.3 is 35.8 Å². The van der Waals surface area contributed by atoms with Crippen LogP contribution in [-0.2, 0) is 95.1 Å². The summed E-state index contributed by atoms with van der Waals surface area (Å²) in [5.74, 6) is -8.65. The number of aliphatic hydroxyl groups is 7. The highest BCUT2D eigenvalue weighted by Gasteiger charge is 2.59. The fraction of sp³-hybridized carbons (Fsp3) is 0.738. The summed E-state index contributed by atoms with van der Waals surface area (Å²) in [6.45, 7) is 12.8. The highest BCUT2D eigenvalue weighted by Crippen LogP contribution is 2.49. The average molecular weight is 1570 g/mol. The molecule has 0 saturated carbocycles. The summed E-state index contributed by atoms with van der Waals surface area (Å²) in [6, 6.07) is 8.07. The average Bonchev–Trinajstić information content (AvgIpc) is 0.749. The van der Waals surface area contributed by atoms with E-state index in [2.05, 4.69) is 32.9 Å². The standard InChI is InChI=1S/C45H66O13.C38H60O14.CH4/c1-6-8-10-11-12-14-39(48)57-43-33(26-40(49)52-5)25-36-28-37(30-46)55-41(50)27-34(47)20-23-53-38(32-17-15-31(16-18-32)13-9-7-2)29-35-21-24-54-42(56-35)19-22-44(3,4)45(43,51)58-36;1-5-6-7-8-9-10-32(42)51-36-24(16-33(43)46-4)15-30-22-31(23-39)49-34(44)20-26(41)19-28-17-25(40)18-29(48-28)21-27-12-14-47-35(50-27)11-13-37(2,3)38(36,45)52-30;/h9,13,15-19,22,26,34-38,42-43,46-47,51H,6-8,10-12,14,20-21,23-25,27-30H2,1-5H3;11,13,16,25-31,35-36,39-41,45H,5-10,12,14-15,17-23H2,1-4H3;1H4/b13-9+,22-19+,33-26+;13-11+,24-16+;/t34-,35+,36+,37-,38+,42+,43+,45-;25-,26-,27+,28+,29-,30+,31-,35+,36+,38-;/m11./s1. The van der Waals surface area contributed by atoms with Crippen LogP contribution >= 0.6 is 0 Å². The largest absolute Gasteiger partial charge is 0.466 e. The SMILES string of the molecule is C.CC/C=C/c1ccc([C@@H]2C[C@@H]3CCO[C@H](/C=C/C(C)(C)[C@]4(O)O[C@@H](C/C(=C\C(=O)OC)[C@@H]4OC(=O)CCCCCCC)C[C@H](CO)OC(=O)C[C@H](O)CCO2)O3)cc1.CCCCCCCC(=O)O[C@H]1/C(=C/C(=O)OC)C[C@H]2C[C@H](CO)OC(=O)C[C@H](O)C[C@@H]3C[C@@H](O)C[C@H](C[C@@H]4CCO[C@H](/C=C/C(C)(C)[C@]1(O)O2)O4)O3. The van der Waals surface area contributed by atoms with Crippen molar-refractivity contribution in [3.63, 3.8) is 0 Å². The molecule has 8 rings (SSSR count). The van der Waals surface area contributed by atoms with Crippen molar-refractivity contribution in [2.45, 2.75) is 339 Å². The van der Waals surface area contributed by atoms with E-state index in [9.17, 15) is 64.5 Å². The van der Waals surface area contributed by atoms with Crippen molar-refractivity contribution in [1.29, 1.82) is 0 Å². The number of hydrogen-bond donors (Lipinski definition) is 7. The lowest BCUT2D eigenvalue weighted by Crippen LogP contribution is -2.62. The molecule has 7 heterocycles. The Kier molecular flexibility index (Phi) is 39.5. The molecule has 0 unspecified atom stereocenters. The second-order valence-corrected chi connectivity index (χ2v) is 31.2. The molecule has 0 radical (unpaired) electrons. The predicted octanol–water partition coefficient (Wildman–Crippen LogP) is 10.5. The first kappa shape index (κ1) is 94.0. The molecule has 0 aliphatic carbocycles. The summed E-state index contributed by atoms with van der Waals surface area (Å²) in [5, 5.41) is 78.1. The Labute approximate surface area is 656 Å². The maximum Gasteiger partial charge on any atom is 0.330 e. The number of fused-ring (bicyclic) bond motifs is 10. The number of carbonyl (C=O) groups excluding carboxylic acids is 6. The molecule has 18 atom stereocenters. The molecule has 1 aromatic rings. The number of rotatable bonds is 21. The summed E-state index contributed by atoms with van der Waals surface area (Å²) < 4.78 is 83.0. The lowest BCUT2D eigenvalue weighted by atomic mass is 9.74. The van der Waals surface area contributed by atoms with Crippen LogP contribution < -0.4 is 0 Å². The molecule has 0 spiro atoms. The number of cyclic esters (lactones) is 2. The molecule has 7 aliphatic rings. The number of aliphatic hydroxyl groups excluding tert-OH is 5. The maximum absolute atomic E-state index is 13.4. The van der Waals surface area contributed by atoms with Crippen molar-refractivity contribution in [3.8, 4) is 0 Å². The Hall–Kier alpha value is -5.86. The fourth-order valence-electron chi connectivity index (χ4n) is 14.9. The third-order valence-electron chi connectivity index (χ3n) is 21.2. The molecular weight excluding hydrogens is 1440 g/mol. The summed E-state index contributed by atoms with van der Waals surface area (Å²) in [6.07, 6.45) is 12.3. The van der Waals surface area contributed by atoms with Crippen LogP contribution in [0.15, 0.2) is 77.9 Å². The number of hydrogen-bond acceptors (Lipinski definition) is 27. The Balaban J connectivity index is 0.000000345. The van der Waals surface area contributed by atoms with E-state index in [-0.39, 0.29) is 108 Å². The number of esters is 6. The van der Waals surface area contributed by atoms with Crippen LogP contribution in [0.25, 0.3) is 6.08 Å². The summed E-state index contributed by atoms with van der Waals surface area (Å²) in [7, 11) is 2.43. The zero-order chi connectivity index (χ0) is 80.0. The van der Waals surface area contributed by atoms with Gasteiger partial charge in [0.1, 0.15) is 12.2 Å². The predicted molar refractivity (Wildman–Crippen MR) is 408 cm³/mol. The Morgan fingerprint density at radius 2 is 0.955 bits per heavy atom. The number of benzene rings is 1. The molecular formula is C84H130O27. The van der Waals surface area contributed by atoms with E-state index in [0.717, 1.165) is 68.9 Å². The van der Waals surface area contributed by atoms with Gasteiger partial charge in [-0.3, -0.25) is 19.2 Å². The highest BCUT2D eigenvalue weighted by molar-refractivity contribution is 5.84. The van der Waals surface area contributed by atoms with Crippen molar-refractivity contribution >= 4 is 41.9 Å². The smallest absolute Gasteiger partial charge is 0.330 e. The van der Waals surface area contributed by atoms with Gasteiger partial charge in [0.05, 0.1) is 115 Å². The van der Waals surface area contributed by atoms with Crippen LogP contribution in [0, 0.1) is 10.8 Å². The molecule has 5 saturated heterocycles. The molecule has 0 amide bonds. The zero-order valence-electron chi connectivity index (χ0n) is 66.1. The maximum atomic E-state index is 13.4. The van der Waals surface area contributed by atoms with Crippen LogP contribution in [0.3, 0.4) is 0 Å². The van der Waals surface area contributed by atoms with E-state index in [4.69, 9.17) is 66.3 Å². The molecule has 27 heteroatoms. The molecule has 7 aliphatic heterocycles. The number of allylic oxidation sites excluding steroid dienone is 1. The first-order valence-electron chi connectivity index (χ1n) is 39.9. The third-order valence-corrected chi connectivity index (χ3v) is 21.2. The topological polar surface area (TPSA) is 373 Å². The normalized spacial score (nSPS) is 33.8. The van der Waals surface area contributed by atoms with Crippen molar-refractivity contribution in [2.75, 3.05) is 47.3 Å². The van der Waals surface area contributed by atoms with Crippen molar-refractivity contribution in [3.05, 3.63) is 89.1 Å². The molecule has 1 aromatic carbocycles. The van der Waals surface area contributed by atoms with Crippen molar-refractivity contribution in [2.24, 2.45) is 10.8 Å². The van der Waals surface area contributed by atoms with Crippen LogP contribution in [-0.4, -0.2) is 222 Å². The van der Waals surface area contributed by atoms with Gasteiger partial charge in [-0.05, 0) is 98.6 Å². The first-order chi connectivity index (χ1) is 52.5. The van der Waals surface area contributed by atoms with Gasteiger partial charge in [-0.15, -0.1) is 0 Å². The van der Waals surface area contributed by atoms with Crippen LogP contribution in [0.1, 0.15) is 246 Å². The molecule has 111 heavy (non-hydrogen) atoms. The van der Waals surface area contributed by atoms with Gasteiger partial charge in [-0.2, -0.15) is 0 Å². The monoisotopic (exact) mass is 1570 g/mol. The number of unbranched alkanes of at least 4 members (excludes halogenated alkanes) is 8. The third kappa shape index (κ3) is 29.4. The Bertz CT molecular complexity index is 3180. The fourth-order valence-corrected chi connectivity index (χ4v) is 14.9. The minimum atomic E-state index is -2.28. The molecule has 628 valence electrons. The van der Waals surface area contributed by atoms with E-state index in [1.54, 1.807) is 52.0 Å². The van der Waals surface area contributed by atoms with Crippen LogP contribution in [0.4, 0.5) is 0 Å². The number of carbonyl (C=O) groups is 6. The second kappa shape index (κ2) is 46.6. The molecule has 0 aromatic heterocycles. The minimum Gasteiger partial charge on any atom is -0.466 e. The van der Waals surface area contributed by atoms with Gasteiger partial charge in [-0.1, -0.05) is 156 Å². The Morgan fingerprint density at radius 1 is 0.514 bits per heavy atom. The quantitative estimate of drug-likeness (QED) is 0.0198. The molecule has 10 bridgehead atoms. The van der Waals surface area contributed by atoms with Gasteiger partial charge in [-0.25, -0.2) is 9.59 Å². The first-order valence-corrected chi connectivity index (χ1v) is 39.9. The number of ether oxygens (including phenoxy) is 14. The van der Waals surface area contributed by atoms with Crippen LogP contribution in [0.2, 0.25) is 0 Å². The van der Waals surface area contributed by atoms with Crippen LogP contribution in [0.5, 0.6) is 0 Å². The van der Waals surface area contributed by atoms with Gasteiger partial charge < -0.3 is 102 Å². The highest BCUT2D eigenvalue weighted by atomic mass is 16.7. The van der Waals surface area contributed by atoms with Gasteiger partial charge in [0, 0.05) is 74.5 Å². The van der Waals surface area contributed by atoms with E-state index < -0.39 is 151 Å². The van der Waals surface area contributed by atoms with Gasteiger partial charge in [0.25, 0.3) is 0 Å². The van der Waals surface area contributed by atoms with Gasteiger partial charge in [0.2, 0.25) is 11.6 Å². The van der Waals surface area contributed by atoms with E-state index in [1.165, 1.54) is 26.4 Å². The molecule has 27 nitrogen and oxygen atoms in total. The second-order valence-electron chi connectivity index (χ2n) is 31.2. The molecule has 5 fully saturated rings. The molecule has 7 N–H and O–H groups in total. The summed E-state index contributed by atoms with van der Waals surface area (Å²) >= 11 is 0. The van der Waals surface area contributed by atoms with E-state index in [1.807, 2.05) is 24.3 Å². The number of methoxy groups -OCH3 is 2. The zero-order valence-corrected chi connectivity index (χ0v) is 66.1. The minimum absolute atomic E-state index is 0. The van der Waals surface area contributed by atoms with Crippen molar-refractivity contribution < 1.29 is 131 Å². The van der Waals surface area contributed by atoms with E-state index in [0.29, 0.717) is 64.6 Å². The Morgan fingerprint density at radius 3 is 1.41 bits per heavy atom. The lowest BCUT2D eigenvalue weighted by molar-refractivity contribution is -0.327. The summed E-state index contributed by atoms with van der Waals surface area (Å²) in [5.41, 5.74) is -0.203.